The summed E-state index contributed by atoms with van der Waals surface area (Å²) in [5, 5.41) is 1.36. The van der Waals surface area contributed by atoms with Gasteiger partial charge in [0.05, 0.1) is 6.04 Å². The van der Waals surface area contributed by atoms with Gasteiger partial charge in [-0.25, -0.2) is 0 Å². The Labute approximate surface area is 171 Å². The Hall–Kier alpha value is -1.55. The molecule has 1 heterocycles. The highest BCUT2D eigenvalue weighted by atomic mass is 35.5. The Balaban J connectivity index is 2.07. The number of hydrogen-bond acceptors (Lipinski definition) is 2. The van der Waals surface area contributed by atoms with Crippen LogP contribution in [0.1, 0.15) is 56.4 Å². The summed E-state index contributed by atoms with van der Waals surface area (Å²) in [5.41, 5.74) is 2.05. The van der Waals surface area contributed by atoms with Crippen LogP contribution >= 0.6 is 23.2 Å². The highest BCUT2D eigenvalue weighted by Crippen LogP contribution is 2.42. The Morgan fingerprint density at radius 3 is 2.07 bits per heavy atom. The van der Waals surface area contributed by atoms with Crippen molar-refractivity contribution in [2.75, 3.05) is 6.61 Å². The van der Waals surface area contributed by atoms with Crippen LogP contribution in [0.15, 0.2) is 48.5 Å². The molecule has 1 unspecified atom stereocenters. The molecule has 0 saturated carbocycles. The van der Waals surface area contributed by atoms with Crippen molar-refractivity contribution >= 4 is 29.1 Å². The lowest BCUT2D eigenvalue weighted by atomic mass is 9.90. The number of morpholine rings is 1. The average molecular weight is 406 g/mol. The minimum Gasteiger partial charge on any atom is -0.361 e. The monoisotopic (exact) mass is 405 g/mol. The lowest BCUT2D eigenvalue weighted by Gasteiger charge is -2.45. The Bertz CT molecular complexity index is 761. The number of amides is 1. The second-order valence-electron chi connectivity index (χ2n) is 6.93. The zero-order chi connectivity index (χ0) is 19.4. The van der Waals surface area contributed by atoms with Crippen molar-refractivity contribution in [3.05, 3.63) is 69.7 Å². The number of ether oxygens (including phenoxy) is 1. The van der Waals surface area contributed by atoms with Gasteiger partial charge in [-0.05, 0) is 48.2 Å². The van der Waals surface area contributed by atoms with Crippen LogP contribution in [0.2, 0.25) is 10.0 Å². The number of carbonyl (C=O) groups excluding carboxylic acids is 1. The maximum atomic E-state index is 12.9. The summed E-state index contributed by atoms with van der Waals surface area (Å²) in [6.45, 7) is 4.39. The normalized spacial score (nSPS) is 21.3. The van der Waals surface area contributed by atoms with Gasteiger partial charge < -0.3 is 9.64 Å². The van der Waals surface area contributed by atoms with Gasteiger partial charge in [-0.15, -0.1) is 0 Å². The number of rotatable bonds is 6. The van der Waals surface area contributed by atoms with Gasteiger partial charge in [0.25, 0.3) is 0 Å². The van der Waals surface area contributed by atoms with Crippen LogP contribution in [0.4, 0.5) is 0 Å². The molecular formula is C22H25Cl2NO2. The van der Waals surface area contributed by atoms with Gasteiger partial charge in [-0.3, -0.25) is 4.79 Å². The molecule has 1 aliphatic rings. The molecule has 1 aliphatic heterocycles. The molecule has 2 aromatic rings. The fourth-order valence-electron chi connectivity index (χ4n) is 3.86. The average Bonchev–Trinajstić information content (AvgIpc) is 2.68. The first-order valence-electron chi connectivity index (χ1n) is 9.48. The fourth-order valence-corrected chi connectivity index (χ4v) is 4.11. The second kappa shape index (κ2) is 9.09. The van der Waals surface area contributed by atoms with Crippen LogP contribution in [-0.2, 0) is 9.53 Å². The largest absolute Gasteiger partial charge is 0.361 e. The molecule has 27 heavy (non-hydrogen) atoms. The molecule has 0 spiro atoms. The second-order valence-corrected chi connectivity index (χ2v) is 7.80. The summed E-state index contributed by atoms with van der Waals surface area (Å²) in [7, 11) is 0. The van der Waals surface area contributed by atoms with E-state index in [1.54, 1.807) is 0 Å². The van der Waals surface area contributed by atoms with E-state index in [2.05, 4.69) is 13.8 Å². The molecule has 0 aromatic heterocycles. The number of nitrogens with zero attached hydrogens (tertiary/aromatic N) is 1. The van der Waals surface area contributed by atoms with Crippen molar-refractivity contribution in [2.24, 2.45) is 0 Å². The van der Waals surface area contributed by atoms with Crippen molar-refractivity contribution in [2.45, 2.75) is 51.3 Å². The Morgan fingerprint density at radius 2 is 1.56 bits per heavy atom. The zero-order valence-electron chi connectivity index (χ0n) is 15.7. The van der Waals surface area contributed by atoms with Crippen molar-refractivity contribution in [1.82, 2.24) is 4.90 Å². The minimum absolute atomic E-state index is 0.0421. The summed E-state index contributed by atoms with van der Waals surface area (Å²) in [4.78, 5) is 14.9. The van der Waals surface area contributed by atoms with Crippen molar-refractivity contribution in [3.8, 4) is 0 Å². The summed E-state index contributed by atoms with van der Waals surface area (Å²) in [5.74, 6) is 0.0421. The molecule has 1 fully saturated rings. The first-order valence-corrected chi connectivity index (χ1v) is 10.2. The third-order valence-corrected chi connectivity index (χ3v) is 5.66. The summed E-state index contributed by atoms with van der Waals surface area (Å²) < 4.78 is 6.05. The van der Waals surface area contributed by atoms with E-state index in [0.717, 1.165) is 30.4 Å². The lowest BCUT2D eigenvalue weighted by molar-refractivity contribution is -0.163. The predicted octanol–water partition coefficient (Wildman–Crippen LogP) is 6.21. The van der Waals surface area contributed by atoms with E-state index >= 15 is 0 Å². The maximum absolute atomic E-state index is 12.9. The minimum atomic E-state index is -0.243. The van der Waals surface area contributed by atoms with E-state index in [-0.39, 0.29) is 30.7 Å². The van der Waals surface area contributed by atoms with Crippen LogP contribution in [0, 0.1) is 0 Å². The van der Waals surface area contributed by atoms with Crippen molar-refractivity contribution in [1.29, 1.82) is 0 Å². The molecule has 5 heteroatoms. The molecule has 1 saturated heterocycles. The maximum Gasteiger partial charge on any atom is 0.249 e. The van der Waals surface area contributed by atoms with Gasteiger partial charge in [0, 0.05) is 16.1 Å². The van der Waals surface area contributed by atoms with E-state index in [4.69, 9.17) is 27.9 Å². The van der Waals surface area contributed by atoms with Gasteiger partial charge in [0.2, 0.25) is 5.91 Å². The molecule has 0 bridgehead atoms. The van der Waals surface area contributed by atoms with Crippen molar-refractivity contribution in [3.63, 3.8) is 0 Å². The molecule has 3 atom stereocenters. The SMILES string of the molecule is CCC[C@@H](CC)N1C(=O)COC(c2ccc(Cl)cc2)[C@@H]1c1ccc(Cl)cc1. The summed E-state index contributed by atoms with van der Waals surface area (Å²) >= 11 is 12.2. The molecule has 3 nitrogen and oxygen atoms in total. The topological polar surface area (TPSA) is 29.5 Å². The van der Waals surface area contributed by atoms with Gasteiger partial charge in [-0.1, -0.05) is 67.7 Å². The van der Waals surface area contributed by atoms with Gasteiger partial charge in [0.15, 0.2) is 0 Å². The molecule has 0 N–H and O–H groups in total. The van der Waals surface area contributed by atoms with Crippen LogP contribution in [0.5, 0.6) is 0 Å². The number of benzene rings is 2. The number of carbonyl (C=O) groups is 1. The Kier molecular flexibility index (Phi) is 6.80. The van der Waals surface area contributed by atoms with Crippen LogP contribution in [0.3, 0.4) is 0 Å². The number of halogens is 2. The smallest absolute Gasteiger partial charge is 0.249 e. The number of hydrogen-bond donors (Lipinski definition) is 0. The molecule has 0 radical (unpaired) electrons. The first kappa shape index (κ1) is 20.2. The summed E-state index contributed by atoms with van der Waals surface area (Å²) in [6.07, 6.45) is 2.67. The van der Waals surface area contributed by atoms with E-state index in [1.807, 2.05) is 53.4 Å². The van der Waals surface area contributed by atoms with Gasteiger partial charge in [-0.2, -0.15) is 0 Å². The van der Waals surface area contributed by atoms with E-state index in [9.17, 15) is 4.79 Å². The van der Waals surface area contributed by atoms with Gasteiger partial charge >= 0.3 is 0 Å². The Morgan fingerprint density at radius 1 is 1.00 bits per heavy atom. The zero-order valence-corrected chi connectivity index (χ0v) is 17.2. The highest BCUT2D eigenvalue weighted by molar-refractivity contribution is 6.30. The van der Waals surface area contributed by atoms with Crippen LogP contribution in [0.25, 0.3) is 0 Å². The van der Waals surface area contributed by atoms with E-state index in [1.165, 1.54) is 0 Å². The fraction of sp³-hybridized carbons (Fsp3) is 0.409. The van der Waals surface area contributed by atoms with E-state index in [0.29, 0.717) is 10.0 Å². The highest BCUT2D eigenvalue weighted by Gasteiger charge is 2.41. The quantitative estimate of drug-likeness (QED) is 0.571. The molecule has 3 rings (SSSR count). The van der Waals surface area contributed by atoms with Crippen LogP contribution in [-0.4, -0.2) is 23.5 Å². The van der Waals surface area contributed by atoms with Crippen LogP contribution < -0.4 is 0 Å². The molecular weight excluding hydrogens is 381 g/mol. The third kappa shape index (κ3) is 4.48. The third-order valence-electron chi connectivity index (χ3n) is 5.16. The lowest BCUT2D eigenvalue weighted by Crippen LogP contribution is -2.50. The molecule has 1 amide bonds. The van der Waals surface area contributed by atoms with Gasteiger partial charge in [0.1, 0.15) is 12.7 Å². The molecule has 0 aliphatic carbocycles. The standard InChI is InChI=1S/C22H25Cl2NO2/c1-3-5-19(4-2)25-20(26)14-27-22(16-8-12-18(24)13-9-16)21(25)15-6-10-17(23)11-7-15/h6-13,19,21-22H,3-5,14H2,1-2H3/t19-,21+,22?/m1/s1. The molecule has 2 aromatic carbocycles. The first-order chi connectivity index (χ1) is 13.0. The van der Waals surface area contributed by atoms with Crippen molar-refractivity contribution < 1.29 is 9.53 Å². The summed E-state index contributed by atoms with van der Waals surface area (Å²) in [6, 6.07) is 15.4. The predicted molar refractivity (Wildman–Crippen MR) is 110 cm³/mol. The molecule has 144 valence electrons. The van der Waals surface area contributed by atoms with E-state index < -0.39 is 0 Å².